The predicted molar refractivity (Wildman–Crippen MR) is 80.1 cm³/mol. The summed E-state index contributed by atoms with van der Waals surface area (Å²) in [6.07, 6.45) is 3.85. The normalized spacial score (nSPS) is 21.6. The number of anilines is 1. The van der Waals surface area contributed by atoms with E-state index in [-0.39, 0.29) is 11.7 Å². The summed E-state index contributed by atoms with van der Waals surface area (Å²) < 4.78 is 11.5. The number of carbonyl (C=O) groups excluding carboxylic acids is 1. The molecule has 5 heteroatoms. The molecule has 3 rings (SSSR count). The molecule has 2 aliphatic rings. The lowest BCUT2D eigenvalue weighted by Gasteiger charge is -2.35. The van der Waals surface area contributed by atoms with Crippen molar-refractivity contribution in [2.45, 2.75) is 37.4 Å². The summed E-state index contributed by atoms with van der Waals surface area (Å²) in [5.41, 5.74) is 8.15. The Labute approximate surface area is 124 Å². The summed E-state index contributed by atoms with van der Waals surface area (Å²) in [6.45, 7) is 1.40. The van der Waals surface area contributed by atoms with Gasteiger partial charge in [-0.15, -0.1) is 0 Å². The Morgan fingerprint density at radius 2 is 1.95 bits per heavy atom. The topological polar surface area (TPSA) is 73.6 Å². The van der Waals surface area contributed by atoms with E-state index in [9.17, 15) is 4.79 Å². The third kappa shape index (κ3) is 2.76. The monoisotopic (exact) mass is 290 g/mol. The minimum atomic E-state index is -0.339. The Hall–Kier alpha value is -1.59. The second-order valence-corrected chi connectivity index (χ2v) is 5.81. The van der Waals surface area contributed by atoms with Crippen LogP contribution in [0.4, 0.5) is 5.69 Å². The zero-order chi connectivity index (χ0) is 14.9. The lowest BCUT2D eigenvalue weighted by molar-refractivity contribution is -0.178. The molecule has 5 nitrogen and oxygen atoms in total. The molecule has 1 spiro atoms. The second kappa shape index (κ2) is 5.66. The molecule has 114 valence electrons. The maximum Gasteiger partial charge on any atom is 0.253 e. The molecule has 0 bridgehead atoms. The summed E-state index contributed by atoms with van der Waals surface area (Å²) in [5, 5.41) is 2.63. The molecule has 1 aliphatic carbocycles. The van der Waals surface area contributed by atoms with Crippen molar-refractivity contribution < 1.29 is 14.3 Å². The molecule has 1 saturated heterocycles. The van der Waals surface area contributed by atoms with Crippen molar-refractivity contribution in [3.8, 4) is 0 Å². The Morgan fingerprint density at radius 3 is 2.57 bits per heavy atom. The molecule has 3 N–H and O–H groups in total. The fourth-order valence-electron chi connectivity index (χ4n) is 3.34. The van der Waals surface area contributed by atoms with Gasteiger partial charge in [-0.2, -0.15) is 0 Å². The van der Waals surface area contributed by atoms with Gasteiger partial charge in [-0.05, 0) is 36.5 Å². The highest BCUT2D eigenvalue weighted by atomic mass is 16.7. The smallest absolute Gasteiger partial charge is 0.253 e. The molecule has 0 atom stereocenters. The van der Waals surface area contributed by atoms with E-state index >= 15 is 0 Å². The molecule has 1 aromatic rings. The predicted octanol–water partition coefficient (Wildman–Crippen LogP) is 2.03. The van der Waals surface area contributed by atoms with Crippen LogP contribution in [-0.2, 0) is 9.47 Å². The molecule has 1 aliphatic heterocycles. The first-order valence-corrected chi connectivity index (χ1v) is 7.53. The van der Waals surface area contributed by atoms with Crippen molar-refractivity contribution in [3.05, 3.63) is 29.3 Å². The third-order valence-electron chi connectivity index (χ3n) is 4.58. The quantitative estimate of drug-likeness (QED) is 0.817. The number of nitrogens with one attached hydrogen (secondary N) is 1. The molecule has 1 aromatic carbocycles. The zero-order valence-electron chi connectivity index (χ0n) is 12.4. The molecule has 0 radical (unpaired) electrons. The van der Waals surface area contributed by atoms with Gasteiger partial charge in [0.15, 0.2) is 5.79 Å². The van der Waals surface area contributed by atoms with Gasteiger partial charge in [0.25, 0.3) is 5.91 Å². The standard InChI is InChI=1S/C16H22N2O3/c1-18-15(19)13-10-12(2-3-14(13)17)11-4-6-16(7-5-11)20-8-9-21-16/h2-3,10-11H,4-9,17H2,1H3,(H,18,19). The molecule has 0 unspecified atom stereocenters. The van der Waals surface area contributed by atoms with Gasteiger partial charge in [0.05, 0.1) is 18.8 Å². The van der Waals surface area contributed by atoms with Gasteiger partial charge < -0.3 is 20.5 Å². The number of hydrogen-bond donors (Lipinski definition) is 2. The maximum atomic E-state index is 11.8. The van der Waals surface area contributed by atoms with Gasteiger partial charge in [0, 0.05) is 25.6 Å². The fourth-order valence-corrected chi connectivity index (χ4v) is 3.34. The van der Waals surface area contributed by atoms with Crippen LogP contribution in [0.3, 0.4) is 0 Å². The average Bonchev–Trinajstić information content (AvgIpc) is 2.96. The van der Waals surface area contributed by atoms with Crippen LogP contribution in [0.15, 0.2) is 18.2 Å². The number of rotatable bonds is 2. The van der Waals surface area contributed by atoms with Crippen molar-refractivity contribution in [2.24, 2.45) is 0 Å². The van der Waals surface area contributed by atoms with E-state index in [1.807, 2.05) is 18.2 Å². The summed E-state index contributed by atoms with van der Waals surface area (Å²) in [6, 6.07) is 5.78. The summed E-state index contributed by atoms with van der Waals surface area (Å²) >= 11 is 0. The van der Waals surface area contributed by atoms with E-state index in [0.29, 0.717) is 30.4 Å². The van der Waals surface area contributed by atoms with Crippen molar-refractivity contribution in [3.63, 3.8) is 0 Å². The second-order valence-electron chi connectivity index (χ2n) is 5.81. The maximum absolute atomic E-state index is 11.8. The van der Waals surface area contributed by atoms with Crippen LogP contribution in [0.1, 0.15) is 47.5 Å². The number of ether oxygens (including phenoxy) is 2. The Balaban J connectivity index is 1.74. The lowest BCUT2D eigenvalue weighted by Crippen LogP contribution is -2.34. The number of benzene rings is 1. The fraction of sp³-hybridized carbons (Fsp3) is 0.562. The number of carbonyl (C=O) groups is 1. The van der Waals surface area contributed by atoms with E-state index in [1.165, 1.54) is 5.56 Å². The zero-order valence-corrected chi connectivity index (χ0v) is 12.4. The molecule has 2 fully saturated rings. The molecule has 1 heterocycles. The van der Waals surface area contributed by atoms with Crippen molar-refractivity contribution in [2.75, 3.05) is 26.0 Å². The molecule has 21 heavy (non-hydrogen) atoms. The minimum absolute atomic E-state index is 0.135. The van der Waals surface area contributed by atoms with Gasteiger partial charge in [-0.3, -0.25) is 4.79 Å². The van der Waals surface area contributed by atoms with E-state index < -0.39 is 0 Å². The van der Waals surface area contributed by atoms with E-state index in [2.05, 4.69) is 5.32 Å². The van der Waals surface area contributed by atoms with E-state index in [1.54, 1.807) is 7.05 Å². The molecular formula is C16H22N2O3. The number of nitrogen functional groups attached to an aromatic ring is 1. The largest absolute Gasteiger partial charge is 0.398 e. The van der Waals surface area contributed by atoms with Crippen LogP contribution < -0.4 is 11.1 Å². The van der Waals surface area contributed by atoms with Crippen molar-refractivity contribution >= 4 is 11.6 Å². The molecule has 0 aromatic heterocycles. The Morgan fingerprint density at radius 1 is 1.29 bits per heavy atom. The van der Waals surface area contributed by atoms with Crippen LogP contribution in [0.5, 0.6) is 0 Å². The summed E-state index contributed by atoms with van der Waals surface area (Å²) in [7, 11) is 1.62. The lowest BCUT2D eigenvalue weighted by atomic mass is 9.80. The van der Waals surface area contributed by atoms with E-state index in [4.69, 9.17) is 15.2 Å². The molecular weight excluding hydrogens is 268 g/mol. The highest BCUT2D eigenvalue weighted by molar-refractivity contribution is 5.99. The summed E-state index contributed by atoms with van der Waals surface area (Å²) in [5.74, 6) is -0.0370. The van der Waals surface area contributed by atoms with Crippen molar-refractivity contribution in [1.29, 1.82) is 0 Å². The number of nitrogens with two attached hydrogens (primary N) is 1. The highest BCUT2D eigenvalue weighted by Crippen LogP contribution is 2.42. The average molecular weight is 290 g/mol. The van der Waals surface area contributed by atoms with Crippen LogP contribution in [0.2, 0.25) is 0 Å². The Bertz CT molecular complexity index is 528. The van der Waals surface area contributed by atoms with Crippen LogP contribution in [-0.4, -0.2) is 32.0 Å². The van der Waals surface area contributed by atoms with Crippen molar-refractivity contribution in [1.82, 2.24) is 5.32 Å². The van der Waals surface area contributed by atoms with Crippen LogP contribution >= 0.6 is 0 Å². The number of amides is 1. The van der Waals surface area contributed by atoms with Gasteiger partial charge >= 0.3 is 0 Å². The Kier molecular flexibility index (Phi) is 3.87. The van der Waals surface area contributed by atoms with Crippen LogP contribution in [0.25, 0.3) is 0 Å². The van der Waals surface area contributed by atoms with Gasteiger partial charge in [-0.25, -0.2) is 0 Å². The first-order valence-electron chi connectivity index (χ1n) is 7.53. The number of hydrogen-bond acceptors (Lipinski definition) is 4. The van der Waals surface area contributed by atoms with Gasteiger partial charge in [0.2, 0.25) is 0 Å². The molecule has 1 amide bonds. The first kappa shape index (κ1) is 14.4. The van der Waals surface area contributed by atoms with E-state index in [0.717, 1.165) is 25.7 Å². The highest BCUT2D eigenvalue weighted by Gasteiger charge is 2.40. The van der Waals surface area contributed by atoms with Crippen LogP contribution in [0, 0.1) is 0 Å². The summed E-state index contributed by atoms with van der Waals surface area (Å²) in [4.78, 5) is 11.8. The third-order valence-corrected chi connectivity index (χ3v) is 4.58. The van der Waals surface area contributed by atoms with Gasteiger partial charge in [-0.1, -0.05) is 6.07 Å². The minimum Gasteiger partial charge on any atom is -0.398 e. The first-order chi connectivity index (χ1) is 10.1. The SMILES string of the molecule is CNC(=O)c1cc(C2CCC3(CC2)OCCO3)ccc1N. The molecule has 1 saturated carbocycles. The van der Waals surface area contributed by atoms with Gasteiger partial charge in [0.1, 0.15) is 0 Å².